The van der Waals surface area contributed by atoms with E-state index < -0.39 is 11.6 Å². The Hall–Kier alpha value is -1.62. The highest BCUT2D eigenvalue weighted by atomic mass is 16.4. The Morgan fingerprint density at radius 2 is 2.12 bits per heavy atom. The predicted octanol–water partition coefficient (Wildman–Crippen LogP) is 1.13. The van der Waals surface area contributed by atoms with Gasteiger partial charge in [0, 0.05) is 19.3 Å². The van der Waals surface area contributed by atoms with Crippen LogP contribution >= 0.6 is 0 Å². The molecule has 0 unspecified atom stereocenters. The van der Waals surface area contributed by atoms with Crippen LogP contribution in [0, 0.1) is 0 Å². The van der Waals surface area contributed by atoms with Crippen molar-refractivity contribution in [2.75, 3.05) is 18.0 Å². The summed E-state index contributed by atoms with van der Waals surface area (Å²) in [6, 6.07) is 1.50. The van der Waals surface area contributed by atoms with Gasteiger partial charge in [-0.3, -0.25) is 4.98 Å². The summed E-state index contributed by atoms with van der Waals surface area (Å²) in [6.07, 6.45) is 4.33. The molecule has 0 bridgehead atoms. The largest absolute Gasteiger partial charge is 0.478 e. The van der Waals surface area contributed by atoms with Crippen LogP contribution < -0.4 is 4.90 Å². The lowest BCUT2D eigenvalue weighted by molar-refractivity contribution is 0.0351. The zero-order valence-corrected chi connectivity index (χ0v) is 9.76. The Kier molecular flexibility index (Phi) is 3.02. The minimum Gasteiger partial charge on any atom is -0.478 e. The van der Waals surface area contributed by atoms with Crippen LogP contribution in [-0.2, 0) is 0 Å². The molecule has 1 aliphatic rings. The van der Waals surface area contributed by atoms with Gasteiger partial charge in [0.2, 0.25) is 0 Å². The molecular weight excluding hydrogens is 220 g/mol. The van der Waals surface area contributed by atoms with Crippen LogP contribution in [0.4, 0.5) is 5.69 Å². The first kappa shape index (κ1) is 11.9. The number of anilines is 1. The van der Waals surface area contributed by atoms with Crippen molar-refractivity contribution in [3.8, 4) is 0 Å². The van der Waals surface area contributed by atoms with Gasteiger partial charge < -0.3 is 15.1 Å². The topological polar surface area (TPSA) is 73.7 Å². The average Bonchev–Trinajstić information content (AvgIpc) is 2.29. The zero-order valence-electron chi connectivity index (χ0n) is 9.76. The normalized spacial score (nSPS) is 19.1. The molecule has 2 heterocycles. The molecule has 0 spiro atoms. The van der Waals surface area contributed by atoms with E-state index in [-0.39, 0.29) is 5.56 Å². The quantitative estimate of drug-likeness (QED) is 0.805. The van der Waals surface area contributed by atoms with Crippen molar-refractivity contribution in [1.29, 1.82) is 0 Å². The second-order valence-corrected chi connectivity index (χ2v) is 4.68. The Labute approximate surface area is 99.7 Å². The van der Waals surface area contributed by atoms with Crippen LogP contribution in [-0.4, -0.2) is 39.9 Å². The van der Waals surface area contributed by atoms with Gasteiger partial charge in [0.1, 0.15) is 0 Å². The Bertz CT molecular complexity index is 422. The molecule has 1 aromatic rings. The third-order valence-corrected chi connectivity index (χ3v) is 3.21. The Morgan fingerprint density at radius 3 is 2.71 bits per heavy atom. The minimum absolute atomic E-state index is 0.265. The summed E-state index contributed by atoms with van der Waals surface area (Å²) in [6.45, 7) is 3.11. The number of pyridine rings is 1. The molecule has 0 amide bonds. The van der Waals surface area contributed by atoms with E-state index in [0.717, 1.165) is 0 Å². The molecule has 0 aliphatic carbocycles. The molecule has 1 fully saturated rings. The van der Waals surface area contributed by atoms with Gasteiger partial charge in [-0.05, 0) is 25.8 Å². The predicted molar refractivity (Wildman–Crippen MR) is 63.3 cm³/mol. The maximum absolute atomic E-state index is 11.1. The summed E-state index contributed by atoms with van der Waals surface area (Å²) >= 11 is 0. The molecule has 2 rings (SSSR count). The lowest BCUT2D eigenvalue weighted by Gasteiger charge is -2.37. The van der Waals surface area contributed by atoms with E-state index in [1.54, 1.807) is 6.20 Å². The number of hydrogen-bond acceptors (Lipinski definition) is 4. The van der Waals surface area contributed by atoms with E-state index in [9.17, 15) is 9.90 Å². The van der Waals surface area contributed by atoms with Crippen molar-refractivity contribution in [2.24, 2.45) is 0 Å². The third kappa shape index (κ3) is 2.55. The fraction of sp³-hybridized carbons (Fsp3) is 0.500. The lowest BCUT2D eigenvalue weighted by atomic mass is 9.93. The van der Waals surface area contributed by atoms with Gasteiger partial charge >= 0.3 is 5.97 Å². The van der Waals surface area contributed by atoms with E-state index in [4.69, 9.17) is 5.11 Å². The highest BCUT2D eigenvalue weighted by Crippen LogP contribution is 2.27. The molecule has 17 heavy (non-hydrogen) atoms. The van der Waals surface area contributed by atoms with E-state index in [2.05, 4.69) is 4.98 Å². The van der Waals surface area contributed by atoms with Crippen LogP contribution in [0.25, 0.3) is 0 Å². The molecule has 5 heteroatoms. The van der Waals surface area contributed by atoms with E-state index in [1.807, 2.05) is 11.8 Å². The van der Waals surface area contributed by atoms with Crippen molar-refractivity contribution in [1.82, 2.24) is 4.98 Å². The fourth-order valence-electron chi connectivity index (χ4n) is 2.05. The molecule has 2 N–H and O–H groups in total. The summed E-state index contributed by atoms with van der Waals surface area (Å²) in [7, 11) is 0. The number of hydrogen-bond donors (Lipinski definition) is 2. The van der Waals surface area contributed by atoms with Gasteiger partial charge in [0.25, 0.3) is 0 Å². The van der Waals surface area contributed by atoms with Gasteiger partial charge in [-0.25, -0.2) is 4.79 Å². The molecule has 5 nitrogen and oxygen atoms in total. The van der Waals surface area contributed by atoms with Crippen LogP contribution in [0.5, 0.6) is 0 Å². The van der Waals surface area contributed by atoms with E-state index in [1.165, 1.54) is 12.3 Å². The van der Waals surface area contributed by atoms with Gasteiger partial charge in [-0.15, -0.1) is 0 Å². The zero-order chi connectivity index (χ0) is 12.5. The summed E-state index contributed by atoms with van der Waals surface area (Å²) in [5.41, 5.74) is 0.263. The van der Waals surface area contributed by atoms with Gasteiger partial charge in [0.15, 0.2) is 0 Å². The second kappa shape index (κ2) is 4.33. The smallest absolute Gasteiger partial charge is 0.337 e. The van der Waals surface area contributed by atoms with Crippen molar-refractivity contribution in [2.45, 2.75) is 25.4 Å². The number of carboxylic acids is 1. The summed E-state index contributed by atoms with van der Waals surface area (Å²) in [5, 5.41) is 19.0. The summed E-state index contributed by atoms with van der Waals surface area (Å²) in [4.78, 5) is 17.0. The van der Waals surface area contributed by atoms with Crippen molar-refractivity contribution in [3.05, 3.63) is 24.0 Å². The first-order valence-electron chi connectivity index (χ1n) is 5.64. The lowest BCUT2D eigenvalue weighted by Crippen LogP contribution is -2.43. The Morgan fingerprint density at radius 1 is 1.47 bits per heavy atom. The van der Waals surface area contributed by atoms with Crippen molar-refractivity contribution < 1.29 is 15.0 Å². The average molecular weight is 236 g/mol. The monoisotopic (exact) mass is 236 g/mol. The van der Waals surface area contributed by atoms with Crippen molar-refractivity contribution >= 4 is 11.7 Å². The number of rotatable bonds is 2. The number of aromatic carboxylic acids is 1. The van der Waals surface area contributed by atoms with Crippen LogP contribution in [0.15, 0.2) is 18.5 Å². The SMILES string of the molecule is CC1(O)CCN(c2cnccc2C(=O)O)CC1. The molecular formula is C12H16N2O3. The van der Waals surface area contributed by atoms with Gasteiger partial charge in [-0.1, -0.05) is 0 Å². The third-order valence-electron chi connectivity index (χ3n) is 3.21. The maximum atomic E-state index is 11.1. The molecule has 0 aromatic carbocycles. The number of carbonyl (C=O) groups is 1. The second-order valence-electron chi connectivity index (χ2n) is 4.68. The molecule has 1 aliphatic heterocycles. The fourth-order valence-corrected chi connectivity index (χ4v) is 2.05. The maximum Gasteiger partial charge on any atom is 0.337 e. The minimum atomic E-state index is -0.945. The van der Waals surface area contributed by atoms with E-state index in [0.29, 0.717) is 31.6 Å². The highest BCUT2D eigenvalue weighted by Gasteiger charge is 2.28. The number of aromatic nitrogens is 1. The number of nitrogens with zero attached hydrogens (tertiary/aromatic N) is 2. The van der Waals surface area contributed by atoms with Crippen molar-refractivity contribution in [3.63, 3.8) is 0 Å². The molecule has 1 saturated heterocycles. The Balaban J connectivity index is 2.21. The first-order chi connectivity index (χ1) is 7.99. The van der Waals surface area contributed by atoms with E-state index >= 15 is 0 Å². The number of aliphatic hydroxyl groups is 1. The van der Waals surface area contributed by atoms with Crippen LogP contribution in [0.1, 0.15) is 30.1 Å². The molecule has 0 saturated carbocycles. The first-order valence-corrected chi connectivity index (χ1v) is 5.64. The standard InChI is InChI=1S/C12H16N2O3/c1-12(17)3-6-14(7-4-12)10-8-13-5-2-9(10)11(15)16/h2,5,8,17H,3-4,6-7H2,1H3,(H,15,16). The van der Waals surface area contributed by atoms with Gasteiger partial charge in [-0.2, -0.15) is 0 Å². The molecule has 1 aromatic heterocycles. The number of piperidine rings is 1. The summed E-state index contributed by atoms with van der Waals surface area (Å²) in [5.74, 6) is -0.945. The summed E-state index contributed by atoms with van der Waals surface area (Å²) < 4.78 is 0. The highest BCUT2D eigenvalue weighted by molar-refractivity contribution is 5.94. The molecule has 92 valence electrons. The van der Waals surface area contributed by atoms with Gasteiger partial charge in [0.05, 0.1) is 23.0 Å². The van der Waals surface area contributed by atoms with Crippen LogP contribution in [0.3, 0.4) is 0 Å². The van der Waals surface area contributed by atoms with Crippen LogP contribution in [0.2, 0.25) is 0 Å². The molecule has 0 radical (unpaired) electrons. The number of carboxylic acid groups (broad SMARTS) is 1. The molecule has 0 atom stereocenters.